The number of nitrogens with two attached hydrogens (primary N) is 1. The molecule has 79 heavy (non-hydrogen) atoms. The normalized spacial score (nSPS) is 24.4. The van der Waals surface area contributed by atoms with Crippen molar-refractivity contribution in [2.45, 2.75) is 93.8 Å². The van der Waals surface area contributed by atoms with Gasteiger partial charge in [0, 0.05) is 95.0 Å². The van der Waals surface area contributed by atoms with E-state index in [0.29, 0.717) is 43.1 Å². The van der Waals surface area contributed by atoms with Gasteiger partial charge in [-0.3, -0.25) is 28.8 Å². The number of fused-ring (bicyclic) bond motifs is 3. The lowest BCUT2D eigenvalue weighted by Gasteiger charge is -2.34. The number of ketones is 1. The largest absolute Gasteiger partial charge is 0.489 e. The fraction of sp³-hybridized carbons (Fsp3) is 0.431. The van der Waals surface area contributed by atoms with E-state index >= 15 is 28.0 Å². The number of benzene rings is 4. The zero-order chi connectivity index (χ0) is 55.5. The van der Waals surface area contributed by atoms with E-state index in [9.17, 15) is 14.4 Å². The van der Waals surface area contributed by atoms with Crippen LogP contribution in [-0.2, 0) is 59.4 Å². The lowest BCUT2D eigenvalue weighted by atomic mass is 9.92. The lowest BCUT2D eigenvalue weighted by molar-refractivity contribution is -0.148. The highest BCUT2D eigenvalue weighted by Crippen LogP contribution is 2.36. The molecule has 4 fully saturated rings. The Morgan fingerprint density at radius 2 is 1.41 bits per heavy atom. The number of H-pyrrole nitrogens is 1. The van der Waals surface area contributed by atoms with Crippen LogP contribution in [0.1, 0.15) is 47.9 Å². The summed E-state index contributed by atoms with van der Waals surface area (Å²) in [4.78, 5) is 110. The van der Waals surface area contributed by atoms with Gasteiger partial charge >= 0.3 is 6.09 Å². The Morgan fingerprint density at radius 3 is 2.14 bits per heavy atom. The number of hydrogen-bond donors (Lipinski definition) is 7. The van der Waals surface area contributed by atoms with Gasteiger partial charge in [0.1, 0.15) is 42.6 Å². The molecule has 5 aromatic rings. The molecule has 0 spiro atoms. The maximum atomic E-state index is 16.0. The highest BCUT2D eigenvalue weighted by Gasteiger charge is 2.55. The monoisotopic (exact) mass is 1090 g/mol. The molecule has 5 heterocycles. The SMILES string of the molecule is NCCNC(=O)O[C@@H]1C[C@H]2C(=O)N[C@@H](CCc3ccccc3)C(=O)N[C@H](Cc3c[nH]c4ccccc34)C(=O)C[C@@H](CN3CCNCC3)C(=O)N[C@@H](Cc3ccc(OCc4ccccc4)cc3)C(=O)N3CC(F)(F)CC3C(=O)N2C1. The number of nitrogens with one attached hydrogen (secondary N) is 6. The van der Waals surface area contributed by atoms with E-state index in [1.165, 1.54) is 0 Å². The number of alkyl halides is 2. The average Bonchev–Trinajstić information content (AvgIpc) is 4.39. The highest BCUT2D eigenvalue weighted by atomic mass is 19.3. The predicted octanol–water partition coefficient (Wildman–Crippen LogP) is 3.00. The molecule has 8 N–H and O–H groups in total. The van der Waals surface area contributed by atoms with Gasteiger partial charge in [0.05, 0.1) is 25.0 Å². The van der Waals surface area contributed by atoms with Crippen molar-refractivity contribution in [3.8, 4) is 5.75 Å². The quantitative estimate of drug-likeness (QED) is 0.0800. The van der Waals surface area contributed by atoms with Crippen molar-refractivity contribution in [1.29, 1.82) is 0 Å². The molecule has 1 unspecified atom stereocenters. The molecule has 7 atom stereocenters. The fourth-order valence-electron chi connectivity index (χ4n) is 11.0. The van der Waals surface area contributed by atoms with Crippen LogP contribution in [0.4, 0.5) is 13.6 Å². The molecule has 418 valence electrons. The molecular formula is C58H68F2N10O9. The van der Waals surface area contributed by atoms with E-state index in [0.717, 1.165) is 31.8 Å². The zero-order valence-corrected chi connectivity index (χ0v) is 43.9. The third kappa shape index (κ3) is 14.5. The Hall–Kier alpha value is -7.75. The molecule has 4 aliphatic rings. The number of aryl methyl sites for hydroxylation is 1. The van der Waals surface area contributed by atoms with Crippen LogP contribution < -0.4 is 37.1 Å². The summed E-state index contributed by atoms with van der Waals surface area (Å²) < 4.78 is 43.7. The molecule has 19 nitrogen and oxygen atoms in total. The first kappa shape index (κ1) is 56.0. The van der Waals surface area contributed by atoms with E-state index in [4.69, 9.17) is 15.2 Å². The maximum Gasteiger partial charge on any atom is 0.407 e. The van der Waals surface area contributed by atoms with Crippen LogP contribution in [0.3, 0.4) is 0 Å². The van der Waals surface area contributed by atoms with Gasteiger partial charge in [0.25, 0.3) is 5.92 Å². The molecule has 1 aromatic heterocycles. The summed E-state index contributed by atoms with van der Waals surface area (Å²) in [5, 5.41) is 15.2. The average molecular weight is 1090 g/mol. The van der Waals surface area contributed by atoms with Crippen molar-refractivity contribution >= 4 is 52.3 Å². The predicted molar refractivity (Wildman–Crippen MR) is 288 cm³/mol. The molecule has 0 radical (unpaired) electrons. The topological polar surface area (TPSA) is 250 Å². The third-order valence-corrected chi connectivity index (χ3v) is 15.1. The molecular weight excluding hydrogens is 1020 g/mol. The van der Waals surface area contributed by atoms with Gasteiger partial charge in [-0.05, 0) is 53.3 Å². The fourth-order valence-corrected chi connectivity index (χ4v) is 11.0. The summed E-state index contributed by atoms with van der Waals surface area (Å²) in [6, 6.07) is 25.5. The van der Waals surface area contributed by atoms with Crippen LogP contribution in [0.2, 0.25) is 0 Å². The molecule has 0 saturated carbocycles. The summed E-state index contributed by atoms with van der Waals surface area (Å²) >= 11 is 0. The molecule has 9 rings (SSSR count). The number of piperazine rings is 1. The highest BCUT2D eigenvalue weighted by molar-refractivity contribution is 5.99. The van der Waals surface area contributed by atoms with Gasteiger partial charge in [0.15, 0.2) is 5.78 Å². The number of halogens is 2. The zero-order valence-electron chi connectivity index (χ0n) is 43.9. The summed E-state index contributed by atoms with van der Waals surface area (Å²) in [7, 11) is 0. The number of carbonyl (C=O) groups is 7. The minimum absolute atomic E-state index is 0.0111. The lowest BCUT2D eigenvalue weighted by Crippen LogP contribution is -2.59. The number of nitrogens with zero attached hydrogens (tertiary/aromatic N) is 3. The second kappa shape index (κ2) is 25.8. The van der Waals surface area contributed by atoms with Gasteiger partial charge in [0.2, 0.25) is 29.5 Å². The van der Waals surface area contributed by atoms with Crippen molar-refractivity contribution in [2.24, 2.45) is 11.7 Å². The van der Waals surface area contributed by atoms with E-state index in [-0.39, 0.29) is 58.3 Å². The Labute approximate surface area is 456 Å². The first-order chi connectivity index (χ1) is 38.2. The molecule has 21 heteroatoms. The molecule has 0 aliphatic carbocycles. The van der Waals surface area contributed by atoms with Gasteiger partial charge in [-0.25, -0.2) is 13.6 Å². The van der Waals surface area contributed by atoms with Crippen LogP contribution in [0.15, 0.2) is 115 Å². The summed E-state index contributed by atoms with van der Waals surface area (Å²) in [6.45, 7) is 1.15. The van der Waals surface area contributed by atoms with Gasteiger partial charge in [-0.1, -0.05) is 91.0 Å². The summed E-state index contributed by atoms with van der Waals surface area (Å²) in [5.74, 6) is -8.99. The number of carbonyl (C=O) groups excluding carboxylic acids is 7. The number of rotatable bonds is 15. The van der Waals surface area contributed by atoms with Gasteiger partial charge in [-0.2, -0.15) is 0 Å². The number of amides is 6. The molecule has 6 amide bonds. The molecule has 4 saturated heterocycles. The first-order valence-corrected chi connectivity index (χ1v) is 27.0. The summed E-state index contributed by atoms with van der Waals surface area (Å²) in [5.41, 5.74) is 9.37. The van der Waals surface area contributed by atoms with Gasteiger partial charge in [-0.15, -0.1) is 0 Å². The number of Topliss-reactive ketones (excluding diaryl/α,β-unsaturated/α-hetero) is 1. The van der Waals surface area contributed by atoms with E-state index < -0.39 is 115 Å². The van der Waals surface area contributed by atoms with Crippen molar-refractivity contribution in [2.75, 3.05) is 58.9 Å². The minimum atomic E-state index is -3.59. The standard InChI is InChI=1S/C58H68F2N10O9/c59-58(60)31-50-56(76)69-34-43(79-57(77)63-22-21-61)30-49(69)54(74)65-46(20-17-37-9-3-1-4-10-37)53(73)66-47(28-40-32-64-45-14-8-7-13-44(40)45)51(71)29-41(33-68-25-23-62-24-26-68)52(72)67-48(55(75)70(50)36-58)27-38-15-18-42(19-16-38)78-35-39-11-5-2-6-12-39/h1-16,18-19,32,41,43,46-50,62,64H,17,20-31,33-36,61H2,(H,63,77)(H,65,74)(H,66,73)(H,67,72)/t41-,43+,46-,47+,48-,49-,50?/m0/s1. The molecule has 4 aromatic carbocycles. The first-order valence-electron chi connectivity index (χ1n) is 27.0. The molecule has 0 bridgehead atoms. The van der Waals surface area contributed by atoms with E-state index in [1.807, 2.05) is 89.8 Å². The number of aromatic nitrogens is 1. The van der Waals surface area contributed by atoms with Crippen molar-refractivity contribution < 1.29 is 51.8 Å². The minimum Gasteiger partial charge on any atom is -0.489 e. The smallest absolute Gasteiger partial charge is 0.407 e. The van der Waals surface area contributed by atoms with Crippen LogP contribution in [0.25, 0.3) is 10.9 Å². The maximum absolute atomic E-state index is 16.0. The Kier molecular flexibility index (Phi) is 18.3. The number of aromatic amines is 1. The third-order valence-electron chi connectivity index (χ3n) is 15.1. The second-order valence-corrected chi connectivity index (χ2v) is 20.8. The van der Waals surface area contributed by atoms with E-state index in [2.05, 4.69) is 31.6 Å². The van der Waals surface area contributed by atoms with Crippen molar-refractivity contribution in [1.82, 2.24) is 46.3 Å². The number of ether oxygens (including phenoxy) is 2. The second-order valence-electron chi connectivity index (χ2n) is 20.8. The number of para-hydroxylation sites is 1. The Bertz CT molecular complexity index is 2940. The van der Waals surface area contributed by atoms with Gasteiger partial charge < -0.3 is 61.5 Å². The van der Waals surface area contributed by atoms with Crippen molar-refractivity contribution in [3.63, 3.8) is 0 Å². The number of hydrogen-bond acceptors (Lipinski definition) is 12. The Balaban J connectivity index is 1.10. The number of alkyl carbamates (subject to hydrolysis) is 1. The van der Waals surface area contributed by atoms with Crippen LogP contribution >= 0.6 is 0 Å². The summed E-state index contributed by atoms with van der Waals surface area (Å²) in [6.07, 6.45) is -2.00. The van der Waals surface area contributed by atoms with Crippen LogP contribution in [-0.4, -0.2) is 162 Å². The van der Waals surface area contributed by atoms with Crippen LogP contribution in [0.5, 0.6) is 5.75 Å². The van der Waals surface area contributed by atoms with E-state index in [1.54, 1.807) is 30.5 Å². The molecule has 4 aliphatic heterocycles. The van der Waals surface area contributed by atoms with Crippen LogP contribution in [0, 0.1) is 5.92 Å². The van der Waals surface area contributed by atoms with Crippen molar-refractivity contribution in [3.05, 3.63) is 138 Å². The Morgan fingerprint density at radius 1 is 0.722 bits per heavy atom.